The number of nitrogens with zero attached hydrogens (tertiary/aromatic N) is 2. The molecule has 0 saturated heterocycles. The molecule has 0 fully saturated rings. The van der Waals surface area contributed by atoms with Gasteiger partial charge in [0.1, 0.15) is 18.4 Å². The van der Waals surface area contributed by atoms with Gasteiger partial charge < -0.3 is 19.5 Å². The molecule has 1 N–H and O–H groups in total. The third kappa shape index (κ3) is 4.70. The number of aromatic nitrogens is 1. The van der Waals surface area contributed by atoms with Crippen LogP contribution in [-0.2, 0) is 0 Å². The van der Waals surface area contributed by atoms with Crippen molar-refractivity contribution in [2.45, 2.75) is 6.92 Å². The highest BCUT2D eigenvalue weighted by atomic mass is 35.5. The van der Waals surface area contributed by atoms with Gasteiger partial charge in [0.2, 0.25) is 0 Å². The van der Waals surface area contributed by atoms with E-state index in [9.17, 15) is 5.26 Å². The second-order valence-electron chi connectivity index (χ2n) is 7.27. The van der Waals surface area contributed by atoms with Crippen LogP contribution in [0.25, 0.3) is 21.7 Å². The van der Waals surface area contributed by atoms with Crippen molar-refractivity contribution in [2.24, 2.45) is 0 Å². The third-order valence-electron chi connectivity index (χ3n) is 5.24. The van der Waals surface area contributed by atoms with Crippen molar-refractivity contribution in [1.29, 1.82) is 5.26 Å². The highest BCUT2D eigenvalue weighted by Gasteiger charge is 2.14. The van der Waals surface area contributed by atoms with Crippen LogP contribution in [0.5, 0.6) is 17.2 Å². The summed E-state index contributed by atoms with van der Waals surface area (Å²) in [5, 5.41) is 15.8. The molecule has 0 unspecified atom stereocenters. The quantitative estimate of drug-likeness (QED) is 0.228. The molecule has 0 spiro atoms. The van der Waals surface area contributed by atoms with E-state index in [0.29, 0.717) is 41.0 Å². The fourth-order valence-corrected chi connectivity index (χ4v) is 3.85. The number of alkyl halides is 2. The first-order chi connectivity index (χ1) is 16.1. The Morgan fingerprint density at radius 2 is 1.82 bits per heavy atom. The van der Waals surface area contributed by atoms with E-state index in [1.807, 2.05) is 49.4 Å². The molecule has 0 bridgehead atoms. The number of nitriles is 1. The van der Waals surface area contributed by atoms with Crippen LogP contribution in [0, 0.1) is 18.3 Å². The number of aryl methyl sites for hydroxylation is 1. The number of halogens is 2. The molecule has 33 heavy (non-hydrogen) atoms. The molecule has 168 valence electrons. The summed E-state index contributed by atoms with van der Waals surface area (Å²) in [4.78, 5) is 4.51. The maximum atomic E-state index is 9.75. The normalized spacial score (nSPS) is 10.8. The second-order valence-corrected chi connectivity index (χ2v) is 7.87. The zero-order valence-corrected chi connectivity index (χ0v) is 19.6. The highest BCUT2D eigenvalue weighted by molar-refractivity contribution is 6.18. The molecular weight excluding hydrogens is 461 g/mol. The minimum atomic E-state index is 0.0776. The summed E-state index contributed by atoms with van der Waals surface area (Å²) in [5.41, 5.74) is 3.67. The van der Waals surface area contributed by atoms with Crippen molar-refractivity contribution < 1.29 is 14.2 Å². The SMILES string of the molecule is COc1cc2cc3ncc(C#N)c(Nc4ccc(OCCl)cc4C)c3cc2cc1OCCCl. The van der Waals surface area contributed by atoms with Gasteiger partial charge in [-0.3, -0.25) is 4.98 Å². The van der Waals surface area contributed by atoms with E-state index in [4.69, 9.17) is 37.4 Å². The summed E-state index contributed by atoms with van der Waals surface area (Å²) >= 11 is 11.5. The maximum absolute atomic E-state index is 9.75. The zero-order valence-electron chi connectivity index (χ0n) is 18.1. The number of ether oxygens (including phenoxy) is 3. The first-order valence-corrected chi connectivity index (χ1v) is 11.2. The topological polar surface area (TPSA) is 76.4 Å². The minimum Gasteiger partial charge on any atom is -0.493 e. The van der Waals surface area contributed by atoms with Crippen molar-refractivity contribution in [1.82, 2.24) is 4.98 Å². The van der Waals surface area contributed by atoms with Gasteiger partial charge >= 0.3 is 0 Å². The van der Waals surface area contributed by atoms with Gasteiger partial charge in [-0.2, -0.15) is 5.26 Å². The summed E-state index contributed by atoms with van der Waals surface area (Å²) < 4.78 is 16.6. The van der Waals surface area contributed by atoms with Crippen molar-refractivity contribution >= 4 is 56.3 Å². The van der Waals surface area contributed by atoms with E-state index in [2.05, 4.69) is 16.4 Å². The molecule has 0 amide bonds. The summed E-state index contributed by atoms with van der Waals surface area (Å²) in [5.74, 6) is 2.28. The van der Waals surface area contributed by atoms with E-state index in [1.165, 1.54) is 0 Å². The Labute approximate surface area is 201 Å². The van der Waals surface area contributed by atoms with Crippen LogP contribution in [0.1, 0.15) is 11.1 Å². The van der Waals surface area contributed by atoms with E-state index >= 15 is 0 Å². The number of benzene rings is 3. The standard InChI is InChI=1S/C25H21Cl2N3O3/c1-15-7-19(33-14-27)3-4-21(15)30-25-18(12-28)13-29-22-9-17-10-23(31-2)24(32-6-5-26)11-16(17)8-20(22)25/h3-4,7-11,13H,5-6,14H2,1-2H3,(H,29,30). The molecule has 6 nitrogen and oxygen atoms in total. The first-order valence-electron chi connectivity index (χ1n) is 10.2. The van der Waals surface area contributed by atoms with E-state index < -0.39 is 0 Å². The molecule has 1 heterocycles. The fourth-order valence-electron chi connectivity index (χ4n) is 3.65. The van der Waals surface area contributed by atoms with E-state index in [0.717, 1.165) is 32.9 Å². The molecule has 1 aromatic heterocycles. The summed E-state index contributed by atoms with van der Waals surface area (Å²) in [6.45, 7) is 2.33. The number of fused-ring (bicyclic) bond motifs is 2. The van der Waals surface area contributed by atoms with Gasteiger partial charge in [0.05, 0.1) is 29.8 Å². The lowest BCUT2D eigenvalue weighted by molar-refractivity contribution is 0.313. The molecule has 0 atom stereocenters. The van der Waals surface area contributed by atoms with Crippen LogP contribution in [-0.4, -0.2) is 30.6 Å². The molecule has 8 heteroatoms. The summed E-state index contributed by atoms with van der Waals surface area (Å²) in [6.07, 6.45) is 1.58. The predicted octanol–water partition coefficient (Wildman–Crippen LogP) is 6.51. The van der Waals surface area contributed by atoms with Gasteiger partial charge in [-0.1, -0.05) is 11.6 Å². The lowest BCUT2D eigenvalue weighted by Gasteiger charge is -2.16. The average molecular weight is 482 g/mol. The van der Waals surface area contributed by atoms with Crippen LogP contribution in [0.2, 0.25) is 0 Å². The number of anilines is 2. The number of pyridine rings is 1. The van der Waals surface area contributed by atoms with Crippen LogP contribution < -0.4 is 19.5 Å². The van der Waals surface area contributed by atoms with Crippen molar-refractivity contribution in [3.05, 3.63) is 59.8 Å². The lowest BCUT2D eigenvalue weighted by Crippen LogP contribution is -2.01. The van der Waals surface area contributed by atoms with E-state index in [-0.39, 0.29) is 6.07 Å². The smallest absolute Gasteiger partial charge is 0.162 e. The number of nitrogens with one attached hydrogen (secondary N) is 1. The second kappa shape index (κ2) is 10.0. The summed E-state index contributed by atoms with van der Waals surface area (Å²) in [6, 6.07) is 15.7. The Balaban J connectivity index is 1.86. The monoisotopic (exact) mass is 481 g/mol. The first kappa shape index (κ1) is 22.8. The Kier molecular flexibility index (Phi) is 6.93. The molecule has 4 aromatic rings. The molecule has 4 rings (SSSR count). The molecule has 0 saturated carbocycles. The Bertz CT molecular complexity index is 1370. The Morgan fingerprint density at radius 1 is 1.03 bits per heavy atom. The zero-order chi connectivity index (χ0) is 23.4. The molecular formula is C25H21Cl2N3O3. The third-order valence-corrected chi connectivity index (χ3v) is 5.51. The maximum Gasteiger partial charge on any atom is 0.162 e. The van der Waals surface area contributed by atoms with Crippen molar-refractivity contribution in [3.63, 3.8) is 0 Å². The van der Waals surface area contributed by atoms with Crippen molar-refractivity contribution in [3.8, 4) is 23.3 Å². The minimum absolute atomic E-state index is 0.0776. The lowest BCUT2D eigenvalue weighted by atomic mass is 10.0. The van der Waals surface area contributed by atoms with E-state index in [1.54, 1.807) is 13.3 Å². The van der Waals surface area contributed by atoms with Gasteiger partial charge in [-0.25, -0.2) is 0 Å². The summed E-state index contributed by atoms with van der Waals surface area (Å²) in [7, 11) is 1.60. The Morgan fingerprint density at radius 3 is 2.52 bits per heavy atom. The van der Waals surface area contributed by atoms with Gasteiger partial charge in [0.25, 0.3) is 0 Å². The molecule has 0 aliphatic rings. The predicted molar refractivity (Wildman–Crippen MR) is 133 cm³/mol. The number of hydrogen-bond donors (Lipinski definition) is 1. The molecule has 0 aliphatic heterocycles. The molecule has 0 radical (unpaired) electrons. The molecule has 3 aromatic carbocycles. The van der Waals surface area contributed by atoms with Gasteiger partial charge in [-0.05, 0) is 65.7 Å². The van der Waals surface area contributed by atoms with Crippen LogP contribution in [0.3, 0.4) is 0 Å². The Hall–Kier alpha value is -3.40. The fraction of sp³-hybridized carbons (Fsp3) is 0.200. The largest absolute Gasteiger partial charge is 0.493 e. The van der Waals surface area contributed by atoms with Gasteiger partial charge in [0, 0.05) is 17.3 Å². The number of hydrogen-bond acceptors (Lipinski definition) is 6. The van der Waals surface area contributed by atoms with Gasteiger partial charge in [0.15, 0.2) is 17.6 Å². The average Bonchev–Trinajstić information content (AvgIpc) is 2.82. The van der Waals surface area contributed by atoms with Crippen molar-refractivity contribution in [2.75, 3.05) is 31.0 Å². The van der Waals surface area contributed by atoms with Crippen LogP contribution in [0.15, 0.2) is 48.7 Å². The molecule has 0 aliphatic carbocycles. The van der Waals surface area contributed by atoms with Gasteiger partial charge in [-0.15, -0.1) is 11.6 Å². The van der Waals surface area contributed by atoms with Crippen LogP contribution in [0.4, 0.5) is 11.4 Å². The van der Waals surface area contributed by atoms with Crippen LogP contribution >= 0.6 is 23.2 Å². The highest BCUT2D eigenvalue weighted by Crippen LogP contribution is 2.37. The number of methoxy groups -OCH3 is 1. The number of rotatable bonds is 8.